The van der Waals surface area contributed by atoms with E-state index in [1.807, 2.05) is 0 Å². The lowest BCUT2D eigenvalue weighted by Crippen LogP contribution is -2.58. The molecule has 0 aliphatic rings. The standard InChI is InChI=1S/C20H29N5O7/c1-10(17(28)25-16(11(2)26)20(31)32)23-19(30)14(8-12-6-4-3-5-7-12)24-18(29)13(21)9-15(22)27/h3-7,10-11,13-14,16,26H,8-9,21H2,1-2H3,(H2,22,27)(H,23,30)(H,24,29)(H,25,28)(H,31,32). The zero-order valence-electron chi connectivity index (χ0n) is 17.8. The van der Waals surface area contributed by atoms with Crippen LogP contribution in [0.3, 0.4) is 0 Å². The third-order valence-corrected chi connectivity index (χ3v) is 4.47. The molecular formula is C20H29N5O7. The van der Waals surface area contributed by atoms with Crippen LogP contribution >= 0.6 is 0 Å². The second-order valence-corrected chi connectivity index (χ2v) is 7.32. The molecule has 0 aromatic heterocycles. The highest BCUT2D eigenvalue weighted by atomic mass is 16.4. The molecule has 0 aliphatic carbocycles. The molecule has 0 bridgehead atoms. The number of nitrogens with two attached hydrogens (primary N) is 2. The lowest BCUT2D eigenvalue weighted by atomic mass is 10.0. The Hall–Kier alpha value is -3.51. The van der Waals surface area contributed by atoms with Gasteiger partial charge >= 0.3 is 5.97 Å². The fraction of sp³-hybridized carbons (Fsp3) is 0.450. The number of carboxylic acids is 1. The van der Waals surface area contributed by atoms with Crippen LogP contribution in [0.4, 0.5) is 0 Å². The molecule has 1 aromatic carbocycles. The van der Waals surface area contributed by atoms with Crippen molar-refractivity contribution >= 4 is 29.6 Å². The Morgan fingerprint density at radius 2 is 1.53 bits per heavy atom. The average molecular weight is 451 g/mol. The van der Waals surface area contributed by atoms with E-state index in [9.17, 15) is 29.1 Å². The van der Waals surface area contributed by atoms with Gasteiger partial charge in [-0.3, -0.25) is 19.2 Å². The molecule has 9 N–H and O–H groups in total. The van der Waals surface area contributed by atoms with Gasteiger partial charge in [0.15, 0.2) is 6.04 Å². The van der Waals surface area contributed by atoms with E-state index in [2.05, 4.69) is 16.0 Å². The highest BCUT2D eigenvalue weighted by molar-refractivity contribution is 5.95. The molecule has 32 heavy (non-hydrogen) atoms. The van der Waals surface area contributed by atoms with Gasteiger partial charge in [-0.1, -0.05) is 30.3 Å². The first-order valence-electron chi connectivity index (χ1n) is 9.82. The molecule has 5 unspecified atom stereocenters. The van der Waals surface area contributed by atoms with Crippen molar-refractivity contribution in [2.45, 2.75) is 57.0 Å². The number of carbonyl (C=O) groups is 5. The molecule has 12 heteroatoms. The second-order valence-electron chi connectivity index (χ2n) is 7.32. The van der Waals surface area contributed by atoms with E-state index in [-0.39, 0.29) is 6.42 Å². The number of aliphatic hydroxyl groups is 1. The third-order valence-electron chi connectivity index (χ3n) is 4.47. The number of rotatable bonds is 12. The zero-order chi connectivity index (χ0) is 24.4. The number of carbonyl (C=O) groups excluding carboxylic acids is 4. The van der Waals surface area contributed by atoms with Crippen LogP contribution in [0.15, 0.2) is 30.3 Å². The number of benzene rings is 1. The topological polar surface area (TPSA) is 214 Å². The normalized spacial score (nSPS) is 15.4. The highest BCUT2D eigenvalue weighted by Crippen LogP contribution is 2.05. The number of aliphatic hydroxyl groups excluding tert-OH is 1. The Balaban J connectivity index is 2.91. The Morgan fingerprint density at radius 3 is 2.03 bits per heavy atom. The van der Waals surface area contributed by atoms with Gasteiger partial charge in [-0.2, -0.15) is 0 Å². The maximum absolute atomic E-state index is 12.8. The second kappa shape index (κ2) is 12.4. The van der Waals surface area contributed by atoms with Gasteiger partial charge < -0.3 is 37.6 Å². The summed E-state index contributed by atoms with van der Waals surface area (Å²) < 4.78 is 0. The van der Waals surface area contributed by atoms with Crippen molar-refractivity contribution in [2.24, 2.45) is 11.5 Å². The molecule has 1 aromatic rings. The number of hydrogen-bond acceptors (Lipinski definition) is 7. The van der Waals surface area contributed by atoms with Gasteiger partial charge in [-0.05, 0) is 19.4 Å². The van der Waals surface area contributed by atoms with Gasteiger partial charge in [0.2, 0.25) is 23.6 Å². The number of aliphatic carboxylic acids is 1. The van der Waals surface area contributed by atoms with Crippen molar-refractivity contribution in [2.75, 3.05) is 0 Å². The Morgan fingerprint density at radius 1 is 0.938 bits per heavy atom. The van der Waals surface area contributed by atoms with Crippen molar-refractivity contribution in [3.63, 3.8) is 0 Å². The van der Waals surface area contributed by atoms with Crippen LogP contribution in [0, 0.1) is 0 Å². The summed E-state index contributed by atoms with van der Waals surface area (Å²) in [5.41, 5.74) is 11.4. The monoisotopic (exact) mass is 451 g/mol. The quantitative estimate of drug-likeness (QED) is 0.178. The van der Waals surface area contributed by atoms with Gasteiger partial charge in [0.1, 0.15) is 12.1 Å². The molecule has 176 valence electrons. The predicted octanol–water partition coefficient (Wildman–Crippen LogP) is -2.63. The summed E-state index contributed by atoms with van der Waals surface area (Å²) in [6.07, 6.45) is -1.72. The van der Waals surface area contributed by atoms with Crippen molar-refractivity contribution in [1.82, 2.24) is 16.0 Å². The van der Waals surface area contributed by atoms with E-state index in [0.717, 1.165) is 0 Å². The summed E-state index contributed by atoms with van der Waals surface area (Å²) in [5, 5.41) is 25.5. The number of primary amides is 1. The lowest BCUT2D eigenvalue weighted by Gasteiger charge is -2.24. The first-order valence-corrected chi connectivity index (χ1v) is 9.82. The van der Waals surface area contributed by atoms with Gasteiger partial charge in [0, 0.05) is 6.42 Å². The molecule has 0 aliphatic heterocycles. The summed E-state index contributed by atoms with van der Waals surface area (Å²) in [5.74, 6) is -4.59. The van der Waals surface area contributed by atoms with Crippen LogP contribution in [-0.2, 0) is 30.4 Å². The van der Waals surface area contributed by atoms with Crippen molar-refractivity contribution in [1.29, 1.82) is 0 Å². The molecule has 0 heterocycles. The maximum atomic E-state index is 12.8. The largest absolute Gasteiger partial charge is 0.480 e. The first kappa shape index (κ1) is 26.5. The molecule has 0 fully saturated rings. The summed E-state index contributed by atoms with van der Waals surface area (Å²) in [4.78, 5) is 59.5. The Labute approximate surface area is 184 Å². The van der Waals surface area contributed by atoms with E-state index in [1.165, 1.54) is 13.8 Å². The number of hydrogen-bond donors (Lipinski definition) is 7. The van der Waals surface area contributed by atoms with E-state index in [4.69, 9.17) is 16.6 Å². The highest BCUT2D eigenvalue weighted by Gasteiger charge is 2.30. The maximum Gasteiger partial charge on any atom is 0.328 e. The lowest BCUT2D eigenvalue weighted by molar-refractivity contribution is -0.145. The van der Waals surface area contributed by atoms with E-state index >= 15 is 0 Å². The van der Waals surface area contributed by atoms with Crippen LogP contribution in [0.1, 0.15) is 25.8 Å². The summed E-state index contributed by atoms with van der Waals surface area (Å²) >= 11 is 0. The minimum Gasteiger partial charge on any atom is -0.480 e. The molecule has 0 spiro atoms. The van der Waals surface area contributed by atoms with E-state index < -0.39 is 66.3 Å². The van der Waals surface area contributed by atoms with E-state index in [0.29, 0.717) is 5.56 Å². The minimum absolute atomic E-state index is 0.0570. The summed E-state index contributed by atoms with van der Waals surface area (Å²) in [6, 6.07) is 3.55. The van der Waals surface area contributed by atoms with Crippen LogP contribution < -0.4 is 27.4 Å². The SMILES string of the molecule is CC(NC(=O)C(Cc1ccccc1)NC(=O)C(N)CC(N)=O)C(=O)NC(C(=O)O)C(C)O. The first-order chi connectivity index (χ1) is 14.9. The molecule has 0 saturated heterocycles. The predicted molar refractivity (Wildman–Crippen MR) is 113 cm³/mol. The van der Waals surface area contributed by atoms with Crippen LogP contribution in [0.5, 0.6) is 0 Å². The van der Waals surface area contributed by atoms with Crippen LogP contribution in [0.2, 0.25) is 0 Å². The molecule has 4 amide bonds. The van der Waals surface area contributed by atoms with E-state index in [1.54, 1.807) is 30.3 Å². The smallest absolute Gasteiger partial charge is 0.328 e. The third kappa shape index (κ3) is 8.70. The fourth-order valence-electron chi connectivity index (χ4n) is 2.69. The molecule has 5 atom stereocenters. The van der Waals surface area contributed by atoms with Crippen molar-refractivity contribution in [3.8, 4) is 0 Å². The molecule has 12 nitrogen and oxygen atoms in total. The van der Waals surface area contributed by atoms with Crippen LogP contribution in [0.25, 0.3) is 0 Å². The zero-order valence-corrected chi connectivity index (χ0v) is 17.8. The van der Waals surface area contributed by atoms with Gasteiger partial charge in [-0.15, -0.1) is 0 Å². The summed E-state index contributed by atoms with van der Waals surface area (Å²) in [6.45, 7) is 2.51. The van der Waals surface area contributed by atoms with Gasteiger partial charge in [0.05, 0.1) is 18.6 Å². The fourth-order valence-corrected chi connectivity index (χ4v) is 2.69. The Kier molecular flexibility index (Phi) is 10.3. The van der Waals surface area contributed by atoms with Gasteiger partial charge in [0.25, 0.3) is 0 Å². The minimum atomic E-state index is -1.56. The number of nitrogens with one attached hydrogen (secondary N) is 3. The Bertz CT molecular complexity index is 831. The average Bonchev–Trinajstić information content (AvgIpc) is 2.70. The van der Waals surface area contributed by atoms with Crippen LogP contribution in [-0.4, -0.2) is 70.1 Å². The molecular weight excluding hydrogens is 422 g/mol. The molecule has 1 rings (SSSR count). The number of carboxylic acid groups (broad SMARTS) is 1. The molecule has 0 saturated carbocycles. The van der Waals surface area contributed by atoms with Crippen molar-refractivity contribution in [3.05, 3.63) is 35.9 Å². The summed E-state index contributed by atoms with van der Waals surface area (Å²) in [7, 11) is 0. The van der Waals surface area contributed by atoms with Gasteiger partial charge in [-0.25, -0.2) is 4.79 Å². The molecule has 0 radical (unpaired) electrons. The number of amides is 4. The van der Waals surface area contributed by atoms with Crippen molar-refractivity contribution < 1.29 is 34.2 Å².